The van der Waals surface area contributed by atoms with Gasteiger partial charge in [-0.05, 0) is 42.3 Å². The predicted molar refractivity (Wildman–Crippen MR) is 119 cm³/mol. The number of hydrogen-bond donors (Lipinski definition) is 1. The molecule has 8 nitrogen and oxygen atoms in total. The highest BCUT2D eigenvalue weighted by molar-refractivity contribution is 6.00. The highest BCUT2D eigenvalue weighted by Crippen LogP contribution is 2.44. The molecule has 1 unspecified atom stereocenters. The lowest BCUT2D eigenvalue weighted by molar-refractivity contribution is 0.0723. The summed E-state index contributed by atoms with van der Waals surface area (Å²) in [5, 5.41) is 7.49. The van der Waals surface area contributed by atoms with Gasteiger partial charge >= 0.3 is 0 Å². The Bertz CT molecular complexity index is 1110. The highest BCUT2D eigenvalue weighted by Gasteiger charge is 2.42. The number of aromatic amines is 1. The van der Waals surface area contributed by atoms with Crippen molar-refractivity contribution in [3.63, 3.8) is 0 Å². The molecule has 0 bridgehead atoms. The van der Waals surface area contributed by atoms with E-state index in [9.17, 15) is 4.79 Å². The second kappa shape index (κ2) is 9.32. The average molecular weight is 437 g/mol. The summed E-state index contributed by atoms with van der Waals surface area (Å²) in [6.07, 6.45) is 0.728. The van der Waals surface area contributed by atoms with E-state index < -0.39 is 0 Å². The number of nitrogens with one attached hydrogen (secondary N) is 1. The molecule has 0 saturated carbocycles. The van der Waals surface area contributed by atoms with Crippen LogP contribution in [0.3, 0.4) is 0 Å². The van der Waals surface area contributed by atoms with Crippen molar-refractivity contribution in [2.24, 2.45) is 0 Å². The topological polar surface area (TPSA) is 85.9 Å². The maximum Gasteiger partial charge on any atom is 0.273 e. The molecule has 4 rings (SSSR count). The molecule has 168 valence electrons. The van der Waals surface area contributed by atoms with Gasteiger partial charge < -0.3 is 23.8 Å². The quantitative estimate of drug-likeness (QED) is 0.514. The number of hydrogen-bond acceptors (Lipinski definition) is 6. The van der Waals surface area contributed by atoms with E-state index in [1.54, 1.807) is 28.4 Å². The standard InChI is InChI=1S/C24H27N3O5/c1-29-12-6-11-27-23(16-7-5-8-17(13-16)30-2)20-21(25-26-22(20)24(27)28)15-9-10-18(31-3)19(14-15)32-4/h5,7-10,13-14,23H,6,11-12H2,1-4H3,(H,25,26). The van der Waals surface area contributed by atoms with Crippen LogP contribution in [0.1, 0.15) is 34.1 Å². The first-order valence-corrected chi connectivity index (χ1v) is 10.4. The molecule has 0 fully saturated rings. The van der Waals surface area contributed by atoms with Gasteiger partial charge in [0.2, 0.25) is 0 Å². The van der Waals surface area contributed by atoms with Crippen molar-refractivity contribution in [3.05, 3.63) is 59.3 Å². The number of nitrogens with zero attached hydrogens (tertiary/aromatic N) is 2. The van der Waals surface area contributed by atoms with Crippen LogP contribution in [0.15, 0.2) is 42.5 Å². The average Bonchev–Trinajstić information content (AvgIpc) is 3.38. The Balaban J connectivity index is 1.83. The molecule has 0 saturated heterocycles. The predicted octanol–water partition coefficient (Wildman–Crippen LogP) is 3.68. The van der Waals surface area contributed by atoms with Gasteiger partial charge in [-0.15, -0.1) is 0 Å². The van der Waals surface area contributed by atoms with E-state index in [0.717, 1.165) is 28.9 Å². The molecule has 8 heteroatoms. The Hall–Kier alpha value is -3.52. The molecule has 0 radical (unpaired) electrons. The lowest BCUT2D eigenvalue weighted by Crippen LogP contribution is -2.31. The minimum absolute atomic E-state index is 0.0804. The van der Waals surface area contributed by atoms with Crippen molar-refractivity contribution < 1.29 is 23.7 Å². The number of H-pyrrole nitrogens is 1. The van der Waals surface area contributed by atoms with E-state index in [1.807, 2.05) is 47.4 Å². The van der Waals surface area contributed by atoms with Crippen LogP contribution >= 0.6 is 0 Å². The lowest BCUT2D eigenvalue weighted by Gasteiger charge is -2.26. The molecule has 0 spiro atoms. The van der Waals surface area contributed by atoms with Gasteiger partial charge in [-0.1, -0.05) is 12.1 Å². The van der Waals surface area contributed by atoms with Crippen molar-refractivity contribution in [1.82, 2.24) is 15.1 Å². The van der Waals surface area contributed by atoms with Gasteiger partial charge in [0.05, 0.1) is 33.1 Å². The maximum absolute atomic E-state index is 13.3. The van der Waals surface area contributed by atoms with Crippen LogP contribution in [-0.2, 0) is 4.74 Å². The Morgan fingerprint density at radius 1 is 1.00 bits per heavy atom. The first-order valence-electron chi connectivity index (χ1n) is 10.4. The first-order chi connectivity index (χ1) is 15.6. The fourth-order valence-corrected chi connectivity index (χ4v) is 4.17. The second-order valence-electron chi connectivity index (χ2n) is 7.45. The Morgan fingerprint density at radius 2 is 1.81 bits per heavy atom. The molecule has 1 aliphatic heterocycles. The number of fused-ring (bicyclic) bond motifs is 1. The van der Waals surface area contributed by atoms with E-state index in [2.05, 4.69) is 10.2 Å². The normalized spacial score (nSPS) is 15.1. The van der Waals surface area contributed by atoms with Gasteiger partial charge in [-0.2, -0.15) is 5.10 Å². The number of ether oxygens (including phenoxy) is 4. The zero-order valence-electron chi connectivity index (χ0n) is 18.7. The summed E-state index contributed by atoms with van der Waals surface area (Å²) in [5.41, 5.74) is 3.83. The van der Waals surface area contributed by atoms with Gasteiger partial charge in [-0.3, -0.25) is 9.89 Å². The fourth-order valence-electron chi connectivity index (χ4n) is 4.17. The summed E-state index contributed by atoms with van der Waals surface area (Å²) < 4.78 is 21.5. The summed E-state index contributed by atoms with van der Waals surface area (Å²) >= 11 is 0. The second-order valence-corrected chi connectivity index (χ2v) is 7.45. The van der Waals surface area contributed by atoms with Gasteiger partial charge in [0.25, 0.3) is 5.91 Å². The largest absolute Gasteiger partial charge is 0.497 e. The van der Waals surface area contributed by atoms with E-state index in [4.69, 9.17) is 18.9 Å². The van der Waals surface area contributed by atoms with Crippen molar-refractivity contribution in [2.45, 2.75) is 12.5 Å². The van der Waals surface area contributed by atoms with Crippen LogP contribution in [0, 0.1) is 0 Å². The van der Waals surface area contributed by atoms with E-state index in [1.165, 1.54) is 0 Å². The Morgan fingerprint density at radius 3 is 2.53 bits per heavy atom. The number of aromatic nitrogens is 2. The third-order valence-corrected chi connectivity index (χ3v) is 5.68. The number of carbonyl (C=O) groups excluding carboxylic acids is 1. The van der Waals surface area contributed by atoms with Crippen molar-refractivity contribution >= 4 is 5.91 Å². The monoisotopic (exact) mass is 437 g/mol. The molecule has 1 aromatic heterocycles. The lowest BCUT2D eigenvalue weighted by atomic mass is 9.95. The molecule has 2 heterocycles. The molecule has 2 aromatic carbocycles. The molecule has 0 aliphatic carbocycles. The van der Waals surface area contributed by atoms with Crippen molar-refractivity contribution in [1.29, 1.82) is 0 Å². The summed E-state index contributed by atoms with van der Waals surface area (Å²) in [4.78, 5) is 15.2. The van der Waals surface area contributed by atoms with E-state index in [0.29, 0.717) is 36.0 Å². The van der Waals surface area contributed by atoms with Crippen LogP contribution in [0.2, 0.25) is 0 Å². The van der Waals surface area contributed by atoms with Crippen LogP contribution in [0.4, 0.5) is 0 Å². The zero-order chi connectivity index (χ0) is 22.7. The summed E-state index contributed by atoms with van der Waals surface area (Å²) in [5.74, 6) is 1.88. The molecule has 1 N–H and O–H groups in total. The Kier molecular flexibility index (Phi) is 6.32. The van der Waals surface area contributed by atoms with Gasteiger partial charge in [0.15, 0.2) is 11.5 Å². The molecule has 1 atom stereocenters. The molecule has 1 amide bonds. The highest BCUT2D eigenvalue weighted by atomic mass is 16.5. The molecule has 1 aliphatic rings. The van der Waals surface area contributed by atoms with Crippen molar-refractivity contribution in [3.8, 4) is 28.5 Å². The zero-order valence-corrected chi connectivity index (χ0v) is 18.7. The smallest absolute Gasteiger partial charge is 0.273 e. The molecular formula is C24H27N3O5. The SMILES string of the molecule is COCCCN1C(=O)c2[nH]nc(-c3ccc(OC)c(OC)c3)c2C1c1cccc(OC)c1. The first kappa shape index (κ1) is 21.7. The van der Waals surface area contributed by atoms with Crippen LogP contribution in [0.5, 0.6) is 17.2 Å². The summed E-state index contributed by atoms with van der Waals surface area (Å²) in [6.45, 7) is 1.13. The number of methoxy groups -OCH3 is 4. The molecule has 32 heavy (non-hydrogen) atoms. The van der Waals surface area contributed by atoms with E-state index >= 15 is 0 Å². The summed E-state index contributed by atoms with van der Waals surface area (Å²) in [7, 11) is 6.48. The van der Waals surface area contributed by atoms with Crippen LogP contribution < -0.4 is 14.2 Å². The van der Waals surface area contributed by atoms with Gasteiger partial charge in [-0.25, -0.2) is 0 Å². The Labute approximate surface area is 187 Å². The number of amides is 1. The third-order valence-electron chi connectivity index (χ3n) is 5.68. The van der Waals surface area contributed by atoms with Crippen LogP contribution in [0.25, 0.3) is 11.3 Å². The van der Waals surface area contributed by atoms with Gasteiger partial charge in [0, 0.05) is 31.4 Å². The van der Waals surface area contributed by atoms with Crippen molar-refractivity contribution in [2.75, 3.05) is 41.6 Å². The third kappa shape index (κ3) is 3.78. The number of carbonyl (C=O) groups is 1. The van der Waals surface area contributed by atoms with Crippen LogP contribution in [-0.4, -0.2) is 62.6 Å². The molecular weight excluding hydrogens is 410 g/mol. The maximum atomic E-state index is 13.3. The van der Waals surface area contributed by atoms with E-state index in [-0.39, 0.29) is 11.9 Å². The number of rotatable bonds is 9. The van der Waals surface area contributed by atoms with Gasteiger partial charge in [0.1, 0.15) is 11.4 Å². The molecule has 3 aromatic rings. The number of benzene rings is 2. The fraction of sp³-hybridized carbons (Fsp3) is 0.333. The minimum atomic E-state index is -0.300. The summed E-state index contributed by atoms with van der Waals surface area (Å²) in [6, 6.07) is 13.1. The minimum Gasteiger partial charge on any atom is -0.497 e.